The number of quaternary nitrogens is 1. The quantitative estimate of drug-likeness (QED) is 0.675. The lowest BCUT2D eigenvalue weighted by atomic mass is 9.94. The lowest BCUT2D eigenvalue weighted by Gasteiger charge is -2.29. The molecule has 2 unspecified atom stereocenters. The molecule has 2 amide bonds. The Labute approximate surface area is 180 Å². The van der Waals surface area contributed by atoms with Gasteiger partial charge >= 0.3 is 16.2 Å². The number of carbonyl (C=O) groups excluding carboxylic acids is 1. The van der Waals surface area contributed by atoms with E-state index in [0.29, 0.717) is 10.0 Å². The zero-order valence-corrected chi connectivity index (χ0v) is 18.9. The molecule has 1 N–H and O–H groups in total. The maximum Gasteiger partial charge on any atom is 0.459 e. The molecule has 0 radical (unpaired) electrons. The molecule has 156 valence electrons. The molecule has 2 aromatic rings. The molecule has 29 heavy (non-hydrogen) atoms. The van der Waals surface area contributed by atoms with Gasteiger partial charge in [-0.1, -0.05) is 60.9 Å². The number of carbonyl (C=O) groups is 1. The zero-order valence-electron chi connectivity index (χ0n) is 16.5. The molecule has 1 aliphatic heterocycles. The standard InChI is InChI=1S/C19H23ClN4O3S2/c1-4-23(5-2)29(26,27)24(19(25)21-3)13-15(14-9-7-6-8-10-14)18(22-24)16-11-12-17(20)28-16/h6-12,15H,4-5,13H2,1-3H3/p+1. The fourth-order valence-corrected chi connectivity index (χ4v) is 6.48. The largest absolute Gasteiger partial charge is 0.459 e. The lowest BCUT2D eigenvalue weighted by molar-refractivity contribution is -0.725. The number of hydrogen-bond donors (Lipinski definition) is 1. The summed E-state index contributed by atoms with van der Waals surface area (Å²) in [7, 11) is -2.68. The van der Waals surface area contributed by atoms with Gasteiger partial charge in [-0.05, 0) is 17.7 Å². The van der Waals surface area contributed by atoms with E-state index in [-0.39, 0.29) is 25.6 Å². The highest BCUT2D eigenvalue weighted by atomic mass is 35.5. The third kappa shape index (κ3) is 3.73. The Morgan fingerprint density at radius 1 is 1.24 bits per heavy atom. The van der Waals surface area contributed by atoms with E-state index in [1.165, 1.54) is 22.7 Å². The Bertz CT molecular complexity index is 1020. The van der Waals surface area contributed by atoms with Crippen molar-refractivity contribution >= 4 is 44.9 Å². The van der Waals surface area contributed by atoms with E-state index >= 15 is 0 Å². The van der Waals surface area contributed by atoms with E-state index < -0.39 is 20.2 Å². The molecule has 0 fully saturated rings. The topological polar surface area (TPSA) is 78.8 Å². The predicted octanol–water partition coefficient (Wildman–Crippen LogP) is 3.65. The van der Waals surface area contributed by atoms with Crippen molar-refractivity contribution in [2.75, 3.05) is 26.7 Å². The van der Waals surface area contributed by atoms with Gasteiger partial charge in [0.1, 0.15) is 12.3 Å². The van der Waals surface area contributed by atoms with Gasteiger partial charge < -0.3 is 5.32 Å². The Hall–Kier alpha value is -1.78. The van der Waals surface area contributed by atoms with Crippen molar-refractivity contribution in [3.63, 3.8) is 0 Å². The van der Waals surface area contributed by atoms with Crippen LogP contribution in [0.5, 0.6) is 0 Å². The highest BCUT2D eigenvalue weighted by Gasteiger charge is 2.59. The van der Waals surface area contributed by atoms with Crippen molar-refractivity contribution < 1.29 is 17.2 Å². The van der Waals surface area contributed by atoms with Gasteiger partial charge in [0.05, 0.1) is 15.1 Å². The summed E-state index contributed by atoms with van der Waals surface area (Å²) in [6, 6.07) is 12.4. The van der Waals surface area contributed by atoms with Gasteiger partial charge in [-0.15, -0.1) is 11.3 Å². The molecule has 0 saturated heterocycles. The summed E-state index contributed by atoms with van der Waals surface area (Å²) >= 11 is 7.45. The molecule has 2 heterocycles. The van der Waals surface area contributed by atoms with Crippen molar-refractivity contribution in [3.05, 3.63) is 57.2 Å². The second-order valence-corrected chi connectivity index (χ2v) is 10.3. The van der Waals surface area contributed by atoms with Gasteiger partial charge in [-0.25, -0.2) is 4.79 Å². The number of thiophene rings is 1. The Kier molecular flexibility index (Phi) is 6.45. The van der Waals surface area contributed by atoms with Crippen LogP contribution < -0.4 is 5.32 Å². The first kappa shape index (κ1) is 21.9. The van der Waals surface area contributed by atoms with Crippen molar-refractivity contribution in [1.82, 2.24) is 9.62 Å². The lowest BCUT2D eigenvalue weighted by Crippen LogP contribution is -2.60. The summed E-state index contributed by atoms with van der Waals surface area (Å²) in [6.07, 6.45) is 0. The van der Waals surface area contributed by atoms with Crippen LogP contribution in [0.1, 0.15) is 30.2 Å². The first-order valence-electron chi connectivity index (χ1n) is 9.32. The maximum atomic E-state index is 13.6. The Balaban J connectivity index is 2.24. The summed E-state index contributed by atoms with van der Waals surface area (Å²) in [4.78, 5) is 13.8. The van der Waals surface area contributed by atoms with Crippen LogP contribution in [0.15, 0.2) is 47.6 Å². The number of halogens is 1. The molecular formula is C19H24ClN4O3S2+. The summed E-state index contributed by atoms with van der Waals surface area (Å²) in [5.41, 5.74) is 1.45. The molecule has 0 aliphatic carbocycles. The zero-order chi connectivity index (χ0) is 21.2. The van der Waals surface area contributed by atoms with E-state index in [1.807, 2.05) is 36.4 Å². The van der Waals surface area contributed by atoms with Crippen molar-refractivity contribution in [3.8, 4) is 0 Å². The molecule has 0 saturated carbocycles. The summed E-state index contributed by atoms with van der Waals surface area (Å²) < 4.78 is 28.0. The van der Waals surface area contributed by atoms with Gasteiger partial charge in [0.15, 0.2) is 0 Å². The van der Waals surface area contributed by atoms with Crippen LogP contribution in [-0.4, -0.2) is 55.1 Å². The monoisotopic (exact) mass is 455 g/mol. The van der Waals surface area contributed by atoms with Crippen LogP contribution in [0, 0.1) is 0 Å². The molecule has 7 nitrogen and oxygen atoms in total. The normalized spacial score (nSPS) is 22.0. The molecule has 2 atom stereocenters. The van der Waals surface area contributed by atoms with Crippen LogP contribution in [0.3, 0.4) is 0 Å². The molecule has 10 heteroatoms. The smallest absolute Gasteiger partial charge is 0.305 e. The molecule has 0 bridgehead atoms. The predicted molar refractivity (Wildman–Crippen MR) is 116 cm³/mol. The summed E-state index contributed by atoms with van der Waals surface area (Å²) in [6.45, 7) is 3.97. The van der Waals surface area contributed by atoms with Crippen molar-refractivity contribution in [2.24, 2.45) is 5.10 Å². The molecule has 0 spiro atoms. The number of hydrogen-bond acceptors (Lipinski definition) is 5. The average Bonchev–Trinajstić information content (AvgIpc) is 3.33. The van der Waals surface area contributed by atoms with Crippen molar-refractivity contribution in [2.45, 2.75) is 19.8 Å². The Morgan fingerprint density at radius 3 is 2.41 bits per heavy atom. The second-order valence-electron chi connectivity index (χ2n) is 6.55. The van der Waals surface area contributed by atoms with E-state index in [4.69, 9.17) is 11.6 Å². The first-order valence-corrected chi connectivity index (χ1v) is 11.9. The molecular weight excluding hydrogens is 432 g/mol. The minimum absolute atomic E-state index is 0.0205. The van der Waals surface area contributed by atoms with Crippen LogP contribution in [0.4, 0.5) is 4.79 Å². The third-order valence-electron chi connectivity index (χ3n) is 5.00. The minimum Gasteiger partial charge on any atom is -0.305 e. The van der Waals surface area contributed by atoms with Crippen molar-refractivity contribution in [1.29, 1.82) is 0 Å². The molecule has 3 rings (SSSR count). The average molecular weight is 456 g/mol. The number of benzene rings is 1. The minimum atomic E-state index is -4.11. The number of nitrogens with zero attached hydrogens (tertiary/aromatic N) is 3. The van der Waals surface area contributed by atoms with Gasteiger partial charge in [0.25, 0.3) is 0 Å². The van der Waals surface area contributed by atoms with E-state index in [2.05, 4.69) is 10.4 Å². The van der Waals surface area contributed by atoms with Crippen LogP contribution in [0.2, 0.25) is 4.34 Å². The van der Waals surface area contributed by atoms with Crippen LogP contribution in [-0.2, 0) is 10.2 Å². The SMILES string of the molecule is CCN(CC)S(=O)(=O)[N+]1(C(=O)NC)CC(c2ccccc2)C(c2ccc(Cl)s2)=N1. The Morgan fingerprint density at radius 2 is 1.90 bits per heavy atom. The van der Waals surface area contributed by atoms with Crippen LogP contribution in [0.25, 0.3) is 0 Å². The highest BCUT2D eigenvalue weighted by Crippen LogP contribution is 2.39. The fraction of sp³-hybridized carbons (Fsp3) is 0.368. The summed E-state index contributed by atoms with van der Waals surface area (Å²) in [5, 5.41) is 7.09. The molecule has 1 aromatic heterocycles. The van der Waals surface area contributed by atoms with E-state index in [0.717, 1.165) is 10.4 Å². The second kappa shape index (κ2) is 8.53. The number of nitrogens with one attached hydrogen (secondary N) is 1. The highest BCUT2D eigenvalue weighted by molar-refractivity contribution is 7.83. The van der Waals surface area contributed by atoms with Gasteiger partial charge in [-0.3, -0.25) is 0 Å². The maximum absolute atomic E-state index is 13.6. The van der Waals surface area contributed by atoms with E-state index in [1.54, 1.807) is 19.9 Å². The van der Waals surface area contributed by atoms with Gasteiger partial charge in [0, 0.05) is 24.1 Å². The van der Waals surface area contributed by atoms with E-state index in [9.17, 15) is 13.2 Å². The van der Waals surface area contributed by atoms with Gasteiger partial charge in [-0.2, -0.15) is 12.7 Å². The fourth-order valence-electron chi connectivity index (χ4n) is 3.53. The summed E-state index contributed by atoms with van der Waals surface area (Å²) in [5.74, 6) is -0.367. The third-order valence-corrected chi connectivity index (χ3v) is 8.58. The number of rotatable bonds is 6. The van der Waals surface area contributed by atoms with Gasteiger partial charge in [0.2, 0.25) is 0 Å². The number of urea groups is 1. The molecule has 1 aliphatic rings. The first-order chi connectivity index (χ1) is 13.8. The molecule has 1 aromatic carbocycles. The number of amides is 2. The van der Waals surface area contributed by atoms with Crippen LogP contribution >= 0.6 is 22.9 Å².